The van der Waals surface area contributed by atoms with Crippen LogP contribution in [-0.2, 0) is 52.4 Å². The lowest BCUT2D eigenvalue weighted by atomic mass is 9.96. The zero-order valence-corrected chi connectivity index (χ0v) is 32.6. The monoisotopic (exact) mass is 856 g/mol. The first-order chi connectivity index (χ1) is 28.2. The summed E-state index contributed by atoms with van der Waals surface area (Å²) in [7, 11) is 0. The first kappa shape index (κ1) is 49.1. The Balaban J connectivity index is 1.17. The molecule has 15 atom stereocenters. The SMILES string of the molecule is O=C(CCCCCCCCCCC(=O)ON1C(=O)CCC1=O)NCCO[C@@H]1O[C@H](COC2O[C@H](CO)[C@@H](O)[C@H](O)[C@@H]2O)[C@@H](O)[C@H](O[C@H]2O[C@H](CO)[C@@H](O)[C@H](O)[C@@H]2O)[C@@H]1O. The predicted molar refractivity (Wildman–Crippen MR) is 191 cm³/mol. The number of amides is 3. The number of aliphatic hydroxyl groups is 10. The molecule has 4 aliphatic heterocycles. The molecule has 4 aliphatic rings. The van der Waals surface area contributed by atoms with Crippen LogP contribution in [-0.4, -0.2) is 205 Å². The number of hydrogen-bond acceptors (Lipinski definition) is 21. The van der Waals surface area contributed by atoms with E-state index in [-0.39, 0.29) is 44.7 Å². The number of rotatable bonds is 23. The van der Waals surface area contributed by atoms with Crippen LogP contribution >= 0.6 is 0 Å². The van der Waals surface area contributed by atoms with E-state index in [1.807, 2.05) is 0 Å². The predicted octanol–water partition coefficient (Wildman–Crippen LogP) is -4.92. The Kier molecular flexibility index (Phi) is 20.1. The lowest BCUT2D eigenvalue weighted by Gasteiger charge is -2.46. The molecule has 0 spiro atoms. The molecule has 4 fully saturated rings. The van der Waals surface area contributed by atoms with Crippen molar-refractivity contribution in [2.75, 3.05) is 33.0 Å². The van der Waals surface area contributed by atoms with Gasteiger partial charge in [0.1, 0.15) is 73.2 Å². The van der Waals surface area contributed by atoms with Gasteiger partial charge in [0, 0.05) is 32.2 Å². The molecule has 1 unspecified atom stereocenters. The molecule has 4 rings (SSSR count). The second-order valence-electron chi connectivity index (χ2n) is 14.9. The highest BCUT2D eigenvalue weighted by Gasteiger charge is 2.52. The van der Waals surface area contributed by atoms with Gasteiger partial charge in [-0.2, -0.15) is 0 Å². The Morgan fingerprint density at radius 2 is 1.08 bits per heavy atom. The number of carbonyl (C=O) groups excluding carboxylic acids is 4. The van der Waals surface area contributed by atoms with Crippen LogP contribution < -0.4 is 5.32 Å². The van der Waals surface area contributed by atoms with Crippen LogP contribution in [0.5, 0.6) is 0 Å². The zero-order chi connectivity index (χ0) is 43.2. The Hall–Kier alpha value is -2.56. The molecule has 4 heterocycles. The van der Waals surface area contributed by atoms with Crippen LogP contribution in [0.1, 0.15) is 77.0 Å². The number of imide groups is 1. The van der Waals surface area contributed by atoms with E-state index in [1.54, 1.807) is 0 Å². The van der Waals surface area contributed by atoms with Crippen molar-refractivity contribution < 1.29 is 104 Å². The second-order valence-corrected chi connectivity index (χ2v) is 14.9. The average Bonchev–Trinajstić information content (AvgIpc) is 3.53. The van der Waals surface area contributed by atoms with E-state index < -0.39 is 130 Å². The van der Waals surface area contributed by atoms with Gasteiger partial charge < -0.3 is 89.6 Å². The Labute approximate surface area is 339 Å². The summed E-state index contributed by atoms with van der Waals surface area (Å²) < 4.78 is 33.3. The van der Waals surface area contributed by atoms with Crippen molar-refractivity contribution in [3.05, 3.63) is 0 Å². The minimum absolute atomic E-state index is 0.0174. The summed E-state index contributed by atoms with van der Waals surface area (Å²) in [6.07, 6.45) is -18.2. The fourth-order valence-electron chi connectivity index (χ4n) is 6.94. The lowest BCUT2D eigenvalue weighted by molar-refractivity contribution is -0.366. The molecule has 0 aromatic carbocycles. The lowest BCUT2D eigenvalue weighted by Crippen LogP contribution is -2.65. The summed E-state index contributed by atoms with van der Waals surface area (Å²) in [4.78, 5) is 52.2. The van der Waals surface area contributed by atoms with Crippen molar-refractivity contribution in [1.29, 1.82) is 0 Å². The van der Waals surface area contributed by atoms with Crippen molar-refractivity contribution in [3.8, 4) is 0 Å². The number of ether oxygens (including phenoxy) is 6. The Morgan fingerprint density at radius 1 is 0.593 bits per heavy atom. The smallest absolute Gasteiger partial charge is 0.333 e. The molecule has 0 bridgehead atoms. The van der Waals surface area contributed by atoms with Gasteiger partial charge in [0.2, 0.25) is 5.91 Å². The van der Waals surface area contributed by atoms with Gasteiger partial charge >= 0.3 is 5.97 Å². The van der Waals surface area contributed by atoms with Crippen LogP contribution in [0.4, 0.5) is 0 Å². The van der Waals surface area contributed by atoms with Gasteiger partial charge in [-0.1, -0.05) is 38.5 Å². The third kappa shape index (κ3) is 13.7. The molecular formula is C36H60N2O21. The van der Waals surface area contributed by atoms with E-state index in [9.17, 15) is 70.2 Å². The van der Waals surface area contributed by atoms with Crippen molar-refractivity contribution in [2.24, 2.45) is 0 Å². The van der Waals surface area contributed by atoms with Gasteiger partial charge in [-0.25, -0.2) is 4.79 Å². The molecule has 0 aromatic rings. The van der Waals surface area contributed by atoms with Gasteiger partial charge in [0.25, 0.3) is 11.8 Å². The average molecular weight is 857 g/mol. The minimum atomic E-state index is -1.90. The molecule has 0 saturated carbocycles. The van der Waals surface area contributed by atoms with Crippen molar-refractivity contribution in [1.82, 2.24) is 10.4 Å². The highest BCUT2D eigenvalue weighted by Crippen LogP contribution is 2.31. The number of nitrogens with one attached hydrogen (secondary N) is 1. The van der Waals surface area contributed by atoms with E-state index in [1.165, 1.54) is 0 Å². The fraction of sp³-hybridized carbons (Fsp3) is 0.889. The standard InChI is InChI=1S/C36H60N2O21/c39-15-18-25(45)28(48)30(50)34(55-18)54-17-20-27(47)33(58-36-31(51)29(49)26(46)19(16-40)56-36)32(52)35(57-20)53-14-13-37-21(41)9-7-5-3-1-2-4-6-8-10-24(44)59-38-22(42)11-12-23(38)43/h18-20,25-36,39-40,45-52H,1-17H2,(H,37,41)/t18-,19-,20-,25-,26-,27-,28+,29+,30+,31+,32+,33+,34?,35-,36-/m1/s1. The molecule has 0 radical (unpaired) electrons. The summed E-state index contributed by atoms with van der Waals surface area (Å²) in [6, 6.07) is 0. The first-order valence-corrected chi connectivity index (χ1v) is 20.0. The maximum atomic E-state index is 12.4. The van der Waals surface area contributed by atoms with Gasteiger partial charge in [0.05, 0.1) is 26.4 Å². The van der Waals surface area contributed by atoms with Crippen LogP contribution in [0, 0.1) is 0 Å². The summed E-state index contributed by atoms with van der Waals surface area (Å²) in [5.41, 5.74) is 0. The normalized spacial score (nSPS) is 36.5. The van der Waals surface area contributed by atoms with Gasteiger partial charge in [-0.3, -0.25) is 14.4 Å². The van der Waals surface area contributed by atoms with Crippen LogP contribution in [0.2, 0.25) is 0 Å². The highest BCUT2D eigenvalue weighted by molar-refractivity contribution is 6.01. The summed E-state index contributed by atoms with van der Waals surface area (Å²) in [6.45, 7) is -2.36. The van der Waals surface area contributed by atoms with Gasteiger partial charge in [0.15, 0.2) is 18.9 Å². The van der Waals surface area contributed by atoms with E-state index in [4.69, 9.17) is 33.3 Å². The molecule has 0 aliphatic carbocycles. The number of carbonyl (C=O) groups is 4. The zero-order valence-electron chi connectivity index (χ0n) is 32.6. The van der Waals surface area contributed by atoms with E-state index in [0.29, 0.717) is 17.9 Å². The van der Waals surface area contributed by atoms with Crippen molar-refractivity contribution >= 4 is 23.7 Å². The van der Waals surface area contributed by atoms with Gasteiger partial charge in [-0.05, 0) is 12.8 Å². The van der Waals surface area contributed by atoms with E-state index >= 15 is 0 Å². The molecule has 23 nitrogen and oxygen atoms in total. The van der Waals surface area contributed by atoms with Crippen LogP contribution in [0.15, 0.2) is 0 Å². The molecule has 3 amide bonds. The second kappa shape index (κ2) is 24.2. The van der Waals surface area contributed by atoms with E-state index in [2.05, 4.69) is 5.32 Å². The highest BCUT2D eigenvalue weighted by atomic mass is 16.8. The van der Waals surface area contributed by atoms with Crippen LogP contribution in [0.25, 0.3) is 0 Å². The van der Waals surface area contributed by atoms with Crippen LogP contribution in [0.3, 0.4) is 0 Å². The minimum Gasteiger partial charge on any atom is -0.394 e. The quantitative estimate of drug-likeness (QED) is 0.0339. The topological polar surface area (TPSA) is 350 Å². The number of hydrogen-bond donors (Lipinski definition) is 11. The Morgan fingerprint density at radius 3 is 1.66 bits per heavy atom. The van der Waals surface area contributed by atoms with Crippen molar-refractivity contribution in [2.45, 2.75) is 169 Å². The maximum Gasteiger partial charge on any atom is 0.333 e. The molecule has 23 heteroatoms. The third-order valence-corrected chi connectivity index (χ3v) is 10.5. The number of nitrogens with zero attached hydrogens (tertiary/aromatic N) is 1. The van der Waals surface area contributed by atoms with Crippen molar-refractivity contribution in [3.63, 3.8) is 0 Å². The third-order valence-electron chi connectivity index (χ3n) is 10.5. The van der Waals surface area contributed by atoms with Gasteiger partial charge in [-0.15, -0.1) is 5.06 Å². The summed E-state index contributed by atoms with van der Waals surface area (Å²) in [5, 5.41) is 106. The largest absolute Gasteiger partial charge is 0.394 e. The molecule has 4 saturated heterocycles. The maximum absolute atomic E-state index is 12.4. The van der Waals surface area contributed by atoms with E-state index in [0.717, 1.165) is 38.5 Å². The molecular weight excluding hydrogens is 796 g/mol. The molecule has 11 N–H and O–H groups in total. The number of hydroxylamine groups is 2. The fourth-order valence-corrected chi connectivity index (χ4v) is 6.94. The Bertz CT molecular complexity index is 1310. The molecule has 59 heavy (non-hydrogen) atoms. The molecule has 340 valence electrons. The molecule has 0 aromatic heterocycles. The summed E-state index contributed by atoms with van der Waals surface area (Å²) in [5.74, 6) is -1.89. The number of aliphatic hydroxyl groups excluding tert-OH is 10. The number of unbranched alkanes of at least 4 members (excludes halogenated alkanes) is 7. The first-order valence-electron chi connectivity index (χ1n) is 20.0. The summed E-state index contributed by atoms with van der Waals surface area (Å²) >= 11 is 0.